The highest BCUT2D eigenvalue weighted by Crippen LogP contribution is 2.06. The van der Waals surface area contributed by atoms with E-state index in [1.165, 1.54) is 0 Å². The molecule has 3 N–H and O–H groups in total. The summed E-state index contributed by atoms with van der Waals surface area (Å²) in [6.07, 6.45) is 2.04. The highest BCUT2D eigenvalue weighted by Gasteiger charge is 2.19. The second-order valence-electron chi connectivity index (χ2n) is 5.21. The molecule has 1 aliphatic heterocycles. The molecular formula is C13H28N4O. The van der Waals surface area contributed by atoms with Crippen LogP contribution in [-0.4, -0.2) is 61.6 Å². The van der Waals surface area contributed by atoms with Gasteiger partial charge in [0.1, 0.15) is 0 Å². The molecule has 0 aromatic rings. The van der Waals surface area contributed by atoms with E-state index < -0.39 is 0 Å². The van der Waals surface area contributed by atoms with Crippen molar-refractivity contribution >= 4 is 6.03 Å². The van der Waals surface area contributed by atoms with Crippen LogP contribution in [0.2, 0.25) is 0 Å². The van der Waals surface area contributed by atoms with Crippen LogP contribution in [0.1, 0.15) is 26.7 Å². The third-order valence-corrected chi connectivity index (χ3v) is 3.37. The molecule has 1 aliphatic rings. The van der Waals surface area contributed by atoms with Crippen molar-refractivity contribution in [2.75, 3.05) is 45.8 Å². The number of nitrogens with zero attached hydrogens (tertiary/aromatic N) is 2. The maximum absolute atomic E-state index is 11.9. The molecule has 1 heterocycles. The molecule has 1 unspecified atom stereocenters. The zero-order valence-electron chi connectivity index (χ0n) is 11.8. The van der Waals surface area contributed by atoms with Gasteiger partial charge in [0.15, 0.2) is 0 Å². The van der Waals surface area contributed by atoms with Crippen molar-refractivity contribution in [3.8, 4) is 0 Å². The number of carbonyl (C=O) groups excluding carboxylic acids is 1. The van der Waals surface area contributed by atoms with Gasteiger partial charge in [-0.1, -0.05) is 13.8 Å². The first kappa shape index (κ1) is 15.2. The third kappa shape index (κ3) is 5.23. The number of nitrogens with one attached hydrogen (secondary N) is 1. The Morgan fingerprint density at radius 1 is 1.33 bits per heavy atom. The first-order valence-corrected chi connectivity index (χ1v) is 7.12. The molecule has 1 rings (SSSR count). The smallest absolute Gasteiger partial charge is 0.317 e. The Kier molecular flexibility index (Phi) is 7.05. The summed E-state index contributed by atoms with van der Waals surface area (Å²) in [4.78, 5) is 16.2. The largest absolute Gasteiger partial charge is 0.338 e. The average Bonchev–Trinajstić information content (AvgIpc) is 2.61. The molecule has 0 saturated carbocycles. The molecule has 0 aromatic carbocycles. The number of urea groups is 1. The zero-order valence-corrected chi connectivity index (χ0v) is 11.8. The predicted octanol–water partition coefficient (Wildman–Crippen LogP) is 0.709. The van der Waals surface area contributed by atoms with Gasteiger partial charge in [-0.15, -0.1) is 0 Å². The summed E-state index contributed by atoms with van der Waals surface area (Å²) in [6.45, 7) is 10.5. The maximum Gasteiger partial charge on any atom is 0.317 e. The van der Waals surface area contributed by atoms with Gasteiger partial charge >= 0.3 is 6.03 Å². The van der Waals surface area contributed by atoms with Crippen LogP contribution in [0.4, 0.5) is 4.79 Å². The summed E-state index contributed by atoms with van der Waals surface area (Å²) in [5.74, 6) is 0.533. The van der Waals surface area contributed by atoms with Gasteiger partial charge in [-0.05, 0) is 31.8 Å². The Morgan fingerprint density at radius 3 is 2.78 bits per heavy atom. The molecule has 1 saturated heterocycles. The second-order valence-corrected chi connectivity index (χ2v) is 5.21. The molecule has 0 bridgehead atoms. The Labute approximate surface area is 111 Å². The van der Waals surface area contributed by atoms with Gasteiger partial charge in [0, 0.05) is 32.7 Å². The van der Waals surface area contributed by atoms with Gasteiger partial charge < -0.3 is 20.9 Å². The topological polar surface area (TPSA) is 61.6 Å². The highest BCUT2D eigenvalue weighted by atomic mass is 16.2. The lowest BCUT2D eigenvalue weighted by Gasteiger charge is -2.24. The van der Waals surface area contributed by atoms with Gasteiger partial charge in [0.05, 0.1) is 0 Å². The van der Waals surface area contributed by atoms with Gasteiger partial charge in [0.2, 0.25) is 0 Å². The van der Waals surface area contributed by atoms with Gasteiger partial charge in [0.25, 0.3) is 0 Å². The van der Waals surface area contributed by atoms with Crippen LogP contribution in [0.25, 0.3) is 0 Å². The molecule has 0 radical (unpaired) electrons. The van der Waals surface area contributed by atoms with Crippen LogP contribution in [0.3, 0.4) is 0 Å². The van der Waals surface area contributed by atoms with Crippen molar-refractivity contribution in [1.29, 1.82) is 0 Å². The first-order chi connectivity index (χ1) is 8.67. The number of carbonyl (C=O) groups is 1. The predicted molar refractivity (Wildman–Crippen MR) is 74.5 cm³/mol. The Hall–Kier alpha value is -0.810. The molecule has 1 atom stereocenters. The second kappa shape index (κ2) is 8.32. The molecule has 0 aliphatic carbocycles. The summed E-state index contributed by atoms with van der Waals surface area (Å²) in [5.41, 5.74) is 5.66. The van der Waals surface area contributed by atoms with Crippen molar-refractivity contribution in [3.05, 3.63) is 0 Å². The van der Waals surface area contributed by atoms with E-state index in [4.69, 9.17) is 5.73 Å². The lowest BCUT2D eigenvalue weighted by molar-refractivity contribution is 0.196. The Bertz CT molecular complexity index is 247. The standard InChI is InChI=1S/C13H28N4O/c1-3-5-15-13(18)17-7-4-6-16(8-9-17)11-12(2)10-14/h12H,3-11,14H2,1-2H3,(H,15,18). The first-order valence-electron chi connectivity index (χ1n) is 7.12. The number of hydrogen-bond donors (Lipinski definition) is 2. The fourth-order valence-electron chi connectivity index (χ4n) is 2.22. The third-order valence-electron chi connectivity index (χ3n) is 3.37. The molecule has 5 heteroatoms. The van der Waals surface area contributed by atoms with Crippen molar-refractivity contribution in [2.24, 2.45) is 11.7 Å². The average molecular weight is 256 g/mol. The van der Waals surface area contributed by atoms with E-state index >= 15 is 0 Å². The summed E-state index contributed by atoms with van der Waals surface area (Å²) in [6, 6.07) is 0.0885. The number of nitrogens with two attached hydrogens (primary N) is 1. The molecule has 0 aromatic heterocycles. The monoisotopic (exact) mass is 256 g/mol. The highest BCUT2D eigenvalue weighted by molar-refractivity contribution is 5.74. The number of amides is 2. The summed E-state index contributed by atoms with van der Waals surface area (Å²) in [5, 5.41) is 2.95. The Morgan fingerprint density at radius 2 is 2.11 bits per heavy atom. The number of hydrogen-bond acceptors (Lipinski definition) is 3. The summed E-state index contributed by atoms with van der Waals surface area (Å²) in [7, 11) is 0. The van der Waals surface area contributed by atoms with Crippen LogP contribution >= 0.6 is 0 Å². The fraction of sp³-hybridized carbons (Fsp3) is 0.923. The molecule has 18 heavy (non-hydrogen) atoms. The van der Waals surface area contributed by atoms with Crippen molar-refractivity contribution in [1.82, 2.24) is 15.1 Å². The van der Waals surface area contributed by atoms with E-state index in [0.29, 0.717) is 5.92 Å². The van der Waals surface area contributed by atoms with E-state index in [-0.39, 0.29) is 6.03 Å². The molecule has 0 spiro atoms. The molecule has 1 fully saturated rings. The van der Waals surface area contributed by atoms with Gasteiger partial charge in [-0.2, -0.15) is 0 Å². The molecule has 5 nitrogen and oxygen atoms in total. The summed E-state index contributed by atoms with van der Waals surface area (Å²) < 4.78 is 0. The summed E-state index contributed by atoms with van der Waals surface area (Å²) >= 11 is 0. The lowest BCUT2D eigenvalue weighted by Crippen LogP contribution is -2.42. The van der Waals surface area contributed by atoms with Crippen molar-refractivity contribution in [3.63, 3.8) is 0 Å². The maximum atomic E-state index is 11.9. The van der Waals surface area contributed by atoms with Gasteiger partial charge in [-0.25, -0.2) is 4.79 Å². The van der Waals surface area contributed by atoms with E-state index in [9.17, 15) is 4.79 Å². The lowest BCUT2D eigenvalue weighted by atomic mass is 10.1. The van der Waals surface area contributed by atoms with Crippen LogP contribution < -0.4 is 11.1 Å². The Balaban J connectivity index is 2.33. The van der Waals surface area contributed by atoms with Crippen LogP contribution in [-0.2, 0) is 0 Å². The van der Waals surface area contributed by atoms with E-state index in [1.807, 2.05) is 4.90 Å². The fourth-order valence-corrected chi connectivity index (χ4v) is 2.22. The minimum atomic E-state index is 0.0885. The minimum absolute atomic E-state index is 0.0885. The SMILES string of the molecule is CCCNC(=O)N1CCCN(CC(C)CN)CC1. The minimum Gasteiger partial charge on any atom is -0.338 e. The molecule has 2 amide bonds. The normalized spacial score (nSPS) is 19.4. The molecule has 106 valence electrons. The van der Waals surface area contributed by atoms with Crippen molar-refractivity contribution < 1.29 is 4.79 Å². The molecular weight excluding hydrogens is 228 g/mol. The van der Waals surface area contributed by atoms with Crippen LogP contribution in [0.15, 0.2) is 0 Å². The number of rotatable bonds is 5. The van der Waals surface area contributed by atoms with E-state index in [2.05, 4.69) is 24.1 Å². The van der Waals surface area contributed by atoms with Gasteiger partial charge in [-0.3, -0.25) is 0 Å². The zero-order chi connectivity index (χ0) is 13.4. The van der Waals surface area contributed by atoms with E-state index in [1.54, 1.807) is 0 Å². The quantitative estimate of drug-likeness (QED) is 0.761. The van der Waals surface area contributed by atoms with Crippen molar-refractivity contribution in [2.45, 2.75) is 26.7 Å². The van der Waals surface area contributed by atoms with Crippen LogP contribution in [0, 0.1) is 5.92 Å². The van der Waals surface area contributed by atoms with E-state index in [0.717, 1.165) is 58.7 Å². The van der Waals surface area contributed by atoms with Crippen LogP contribution in [0.5, 0.6) is 0 Å².